The number of likely N-dealkylation sites (N-methyl/N-ethyl adjacent to an activating group) is 1. The minimum atomic E-state index is -2.49. The maximum atomic E-state index is 12.0. The molecule has 0 heterocycles. The molecule has 0 bridgehead atoms. The van der Waals surface area contributed by atoms with Gasteiger partial charge >= 0.3 is 5.97 Å². The number of carbonyl (C=O) groups is 1. The van der Waals surface area contributed by atoms with Gasteiger partial charge in [0.2, 0.25) is 0 Å². The van der Waals surface area contributed by atoms with E-state index in [0.717, 1.165) is 0 Å². The van der Waals surface area contributed by atoms with E-state index in [0.29, 0.717) is 13.1 Å². The number of halogens is 2. The lowest BCUT2D eigenvalue weighted by Gasteiger charge is -2.21. The predicted molar refractivity (Wildman–Crippen MR) is 48.6 cm³/mol. The lowest BCUT2D eigenvalue weighted by molar-refractivity contribution is -0.138. The minimum Gasteiger partial charge on any atom is -0.480 e. The second-order valence-electron chi connectivity index (χ2n) is 3.32. The lowest BCUT2D eigenvalue weighted by Crippen LogP contribution is -2.38. The summed E-state index contributed by atoms with van der Waals surface area (Å²) in [6, 6.07) is 0. The van der Waals surface area contributed by atoms with Crippen LogP contribution in [0.3, 0.4) is 0 Å². The summed E-state index contributed by atoms with van der Waals surface area (Å²) in [6.07, 6.45) is -2.49. The Bertz CT molecular complexity index is 177. The van der Waals surface area contributed by atoms with Crippen LogP contribution in [-0.4, -0.2) is 67.6 Å². The van der Waals surface area contributed by atoms with Crippen LogP contribution in [0, 0.1) is 0 Å². The molecule has 0 saturated carbocycles. The van der Waals surface area contributed by atoms with Gasteiger partial charge < -0.3 is 10.0 Å². The van der Waals surface area contributed by atoms with Crippen molar-refractivity contribution in [2.75, 3.05) is 40.3 Å². The van der Waals surface area contributed by atoms with Crippen molar-refractivity contribution in [2.45, 2.75) is 6.43 Å². The molecular formula is C8H16F2N2O2. The molecule has 0 amide bonds. The molecular weight excluding hydrogens is 194 g/mol. The van der Waals surface area contributed by atoms with Crippen LogP contribution in [0.5, 0.6) is 0 Å². The van der Waals surface area contributed by atoms with Crippen molar-refractivity contribution < 1.29 is 18.7 Å². The molecule has 0 spiro atoms. The maximum Gasteiger partial charge on any atom is 0.317 e. The largest absolute Gasteiger partial charge is 0.480 e. The van der Waals surface area contributed by atoms with Gasteiger partial charge in [0.05, 0.1) is 13.1 Å². The summed E-state index contributed by atoms with van der Waals surface area (Å²) < 4.78 is 24.0. The SMILES string of the molecule is CN(C)CCN(CC(=O)O)CC(F)F. The molecule has 0 aliphatic carbocycles. The maximum absolute atomic E-state index is 12.0. The van der Waals surface area contributed by atoms with Gasteiger partial charge in [-0.3, -0.25) is 9.69 Å². The summed E-state index contributed by atoms with van der Waals surface area (Å²) >= 11 is 0. The molecule has 14 heavy (non-hydrogen) atoms. The summed E-state index contributed by atoms with van der Waals surface area (Å²) in [5.41, 5.74) is 0. The summed E-state index contributed by atoms with van der Waals surface area (Å²) in [5, 5.41) is 8.46. The average Bonchev–Trinajstić information content (AvgIpc) is 1.97. The molecule has 1 N–H and O–H groups in total. The molecule has 0 aromatic rings. The number of alkyl halides is 2. The van der Waals surface area contributed by atoms with Crippen LogP contribution >= 0.6 is 0 Å². The molecule has 6 heteroatoms. The zero-order valence-corrected chi connectivity index (χ0v) is 8.41. The fraction of sp³-hybridized carbons (Fsp3) is 0.875. The normalized spacial score (nSPS) is 11.6. The number of rotatable bonds is 7. The Morgan fingerprint density at radius 1 is 1.36 bits per heavy atom. The first kappa shape index (κ1) is 13.2. The molecule has 0 aliphatic rings. The quantitative estimate of drug-likeness (QED) is 0.652. The number of aliphatic carboxylic acids is 1. The fourth-order valence-corrected chi connectivity index (χ4v) is 0.963. The third-order valence-corrected chi connectivity index (χ3v) is 1.62. The molecule has 0 aromatic carbocycles. The zero-order valence-electron chi connectivity index (χ0n) is 8.41. The second kappa shape index (κ2) is 6.67. The summed E-state index contributed by atoms with van der Waals surface area (Å²) in [7, 11) is 3.61. The highest BCUT2D eigenvalue weighted by molar-refractivity contribution is 5.69. The highest BCUT2D eigenvalue weighted by Crippen LogP contribution is 1.98. The standard InChI is InChI=1S/C8H16F2N2O2/c1-11(2)3-4-12(5-7(9)10)6-8(13)14/h7H,3-6H2,1-2H3,(H,13,14). The van der Waals surface area contributed by atoms with Gasteiger partial charge in [0, 0.05) is 13.1 Å². The summed E-state index contributed by atoms with van der Waals surface area (Å²) in [4.78, 5) is 13.4. The zero-order chi connectivity index (χ0) is 11.1. The summed E-state index contributed by atoms with van der Waals surface area (Å²) in [5.74, 6) is -1.08. The molecule has 0 rings (SSSR count). The Balaban J connectivity index is 3.90. The van der Waals surface area contributed by atoms with E-state index in [-0.39, 0.29) is 6.54 Å². The number of carboxylic acid groups (broad SMARTS) is 1. The van der Waals surface area contributed by atoms with Crippen LogP contribution < -0.4 is 0 Å². The van der Waals surface area contributed by atoms with E-state index in [4.69, 9.17) is 5.11 Å². The molecule has 4 nitrogen and oxygen atoms in total. The number of carboxylic acids is 1. The number of hydrogen-bond donors (Lipinski definition) is 1. The van der Waals surface area contributed by atoms with E-state index in [9.17, 15) is 13.6 Å². The van der Waals surface area contributed by atoms with Crippen molar-refractivity contribution in [3.05, 3.63) is 0 Å². The Morgan fingerprint density at radius 3 is 2.29 bits per heavy atom. The van der Waals surface area contributed by atoms with E-state index in [2.05, 4.69) is 0 Å². The Kier molecular flexibility index (Phi) is 6.31. The van der Waals surface area contributed by atoms with E-state index in [1.165, 1.54) is 4.90 Å². The average molecular weight is 210 g/mol. The van der Waals surface area contributed by atoms with Crippen molar-refractivity contribution in [3.63, 3.8) is 0 Å². The van der Waals surface area contributed by atoms with Crippen molar-refractivity contribution in [3.8, 4) is 0 Å². The molecule has 0 radical (unpaired) electrons. The smallest absolute Gasteiger partial charge is 0.317 e. The van der Waals surface area contributed by atoms with Crippen molar-refractivity contribution >= 4 is 5.97 Å². The predicted octanol–water partition coefficient (Wildman–Crippen LogP) is 0.200. The lowest BCUT2D eigenvalue weighted by atomic mass is 10.4. The Hall–Kier alpha value is -0.750. The van der Waals surface area contributed by atoms with Crippen LogP contribution in [0.4, 0.5) is 8.78 Å². The van der Waals surface area contributed by atoms with Crippen LogP contribution in [0.25, 0.3) is 0 Å². The monoisotopic (exact) mass is 210 g/mol. The first-order valence-corrected chi connectivity index (χ1v) is 4.29. The van der Waals surface area contributed by atoms with Gasteiger partial charge in [0.25, 0.3) is 6.43 Å². The van der Waals surface area contributed by atoms with E-state index < -0.39 is 18.9 Å². The Labute approximate surface area is 82.1 Å². The van der Waals surface area contributed by atoms with Gasteiger partial charge in [0.15, 0.2) is 0 Å². The molecule has 84 valence electrons. The van der Waals surface area contributed by atoms with Crippen LogP contribution in [0.1, 0.15) is 0 Å². The molecule has 0 unspecified atom stereocenters. The van der Waals surface area contributed by atoms with Gasteiger partial charge in [-0.15, -0.1) is 0 Å². The van der Waals surface area contributed by atoms with E-state index in [1.54, 1.807) is 14.1 Å². The number of hydrogen-bond acceptors (Lipinski definition) is 3. The first-order chi connectivity index (χ1) is 6.41. The number of nitrogens with zero attached hydrogens (tertiary/aromatic N) is 2. The van der Waals surface area contributed by atoms with E-state index in [1.807, 2.05) is 4.90 Å². The second-order valence-corrected chi connectivity index (χ2v) is 3.32. The first-order valence-electron chi connectivity index (χ1n) is 4.29. The highest BCUT2D eigenvalue weighted by Gasteiger charge is 2.14. The van der Waals surface area contributed by atoms with Crippen molar-refractivity contribution in [1.29, 1.82) is 0 Å². The van der Waals surface area contributed by atoms with Crippen LogP contribution in [0.15, 0.2) is 0 Å². The molecule has 0 atom stereocenters. The van der Waals surface area contributed by atoms with Gasteiger partial charge in [-0.25, -0.2) is 8.78 Å². The Morgan fingerprint density at radius 2 is 1.93 bits per heavy atom. The highest BCUT2D eigenvalue weighted by atomic mass is 19.3. The third-order valence-electron chi connectivity index (χ3n) is 1.62. The van der Waals surface area contributed by atoms with Crippen LogP contribution in [-0.2, 0) is 4.79 Å². The summed E-state index contributed by atoms with van der Waals surface area (Å²) in [6.45, 7) is 0.0853. The van der Waals surface area contributed by atoms with Crippen molar-refractivity contribution in [2.24, 2.45) is 0 Å². The third kappa shape index (κ3) is 7.88. The molecule has 0 aliphatic heterocycles. The topological polar surface area (TPSA) is 43.8 Å². The molecule has 0 fully saturated rings. The minimum absolute atomic E-state index is 0.335. The van der Waals surface area contributed by atoms with Gasteiger partial charge in [-0.2, -0.15) is 0 Å². The van der Waals surface area contributed by atoms with Gasteiger partial charge in [-0.1, -0.05) is 0 Å². The van der Waals surface area contributed by atoms with Gasteiger partial charge in [-0.05, 0) is 14.1 Å². The molecule has 0 saturated heterocycles. The molecule has 0 aromatic heterocycles. The van der Waals surface area contributed by atoms with Crippen LogP contribution in [0.2, 0.25) is 0 Å². The van der Waals surface area contributed by atoms with Gasteiger partial charge in [0.1, 0.15) is 0 Å². The fourth-order valence-electron chi connectivity index (χ4n) is 0.963. The van der Waals surface area contributed by atoms with Crippen molar-refractivity contribution in [1.82, 2.24) is 9.80 Å². The van der Waals surface area contributed by atoms with E-state index >= 15 is 0 Å².